The van der Waals surface area contributed by atoms with Gasteiger partial charge < -0.3 is 9.30 Å². The fourth-order valence-electron chi connectivity index (χ4n) is 3.71. The molecule has 0 atom stereocenters. The van der Waals surface area contributed by atoms with Gasteiger partial charge >= 0.3 is 5.97 Å². The number of nitrogens with zero attached hydrogens (tertiary/aromatic N) is 2. The quantitative estimate of drug-likeness (QED) is 0.479. The predicted octanol–water partition coefficient (Wildman–Crippen LogP) is 3.69. The summed E-state index contributed by atoms with van der Waals surface area (Å²) < 4.78 is 20.4. The van der Waals surface area contributed by atoms with Crippen LogP contribution < -0.4 is 0 Å². The second-order valence-corrected chi connectivity index (χ2v) is 7.04. The third kappa shape index (κ3) is 3.28. The van der Waals surface area contributed by atoms with E-state index in [0.29, 0.717) is 22.4 Å². The summed E-state index contributed by atoms with van der Waals surface area (Å²) in [7, 11) is 0. The monoisotopic (exact) mass is 406 g/mol. The Morgan fingerprint density at radius 2 is 1.57 bits per heavy atom. The molecule has 30 heavy (non-hydrogen) atoms. The molecule has 0 spiro atoms. The maximum absolute atomic E-state index is 13.2. The van der Waals surface area contributed by atoms with Gasteiger partial charge in [0.2, 0.25) is 0 Å². The summed E-state index contributed by atoms with van der Waals surface area (Å²) in [5.74, 6) is -1.66. The van der Waals surface area contributed by atoms with E-state index in [4.69, 9.17) is 4.74 Å². The van der Waals surface area contributed by atoms with Crippen LogP contribution in [0.4, 0.5) is 4.39 Å². The van der Waals surface area contributed by atoms with E-state index in [0.717, 1.165) is 16.3 Å². The first kappa shape index (κ1) is 19.6. The van der Waals surface area contributed by atoms with Gasteiger partial charge in [0, 0.05) is 17.1 Å². The van der Waals surface area contributed by atoms with Crippen molar-refractivity contribution in [2.45, 2.75) is 13.8 Å². The van der Waals surface area contributed by atoms with E-state index in [1.165, 1.54) is 12.1 Å². The first-order valence-electron chi connectivity index (χ1n) is 9.45. The van der Waals surface area contributed by atoms with E-state index in [1.54, 1.807) is 49.4 Å². The molecule has 0 bridgehead atoms. The molecule has 3 aromatic rings. The summed E-state index contributed by atoms with van der Waals surface area (Å²) in [5.41, 5.74) is 3.28. The molecule has 0 unspecified atom stereocenters. The number of carbonyl (C=O) groups excluding carboxylic acids is 3. The highest BCUT2D eigenvalue weighted by atomic mass is 19.1. The highest BCUT2D eigenvalue weighted by molar-refractivity contribution is 6.21. The predicted molar refractivity (Wildman–Crippen MR) is 107 cm³/mol. The maximum Gasteiger partial charge on any atom is 0.340 e. The molecule has 1 aliphatic heterocycles. The van der Waals surface area contributed by atoms with Gasteiger partial charge in [-0.05, 0) is 56.3 Å². The average Bonchev–Trinajstić information content (AvgIpc) is 3.17. The molecule has 0 saturated carbocycles. The number of hydrogen-bond acceptors (Lipinski definition) is 4. The van der Waals surface area contributed by atoms with E-state index < -0.39 is 5.97 Å². The zero-order chi connectivity index (χ0) is 21.4. The van der Waals surface area contributed by atoms with Crippen LogP contribution in [0.2, 0.25) is 0 Å². The lowest BCUT2D eigenvalue weighted by atomic mass is 10.1. The van der Waals surface area contributed by atoms with Crippen molar-refractivity contribution in [3.05, 3.63) is 88.5 Å². The summed E-state index contributed by atoms with van der Waals surface area (Å²) in [6, 6.07) is 14.3. The van der Waals surface area contributed by atoms with Crippen molar-refractivity contribution >= 4 is 17.8 Å². The van der Waals surface area contributed by atoms with Crippen molar-refractivity contribution in [3.63, 3.8) is 0 Å². The van der Waals surface area contributed by atoms with Crippen LogP contribution in [-0.4, -0.2) is 40.4 Å². The van der Waals surface area contributed by atoms with Crippen molar-refractivity contribution in [3.8, 4) is 5.69 Å². The van der Waals surface area contributed by atoms with Gasteiger partial charge in [-0.3, -0.25) is 14.5 Å². The fourth-order valence-corrected chi connectivity index (χ4v) is 3.71. The zero-order valence-corrected chi connectivity index (χ0v) is 16.5. The molecule has 1 aromatic heterocycles. The number of aromatic nitrogens is 1. The van der Waals surface area contributed by atoms with Gasteiger partial charge in [0.15, 0.2) is 0 Å². The molecule has 6 nitrogen and oxygen atoms in total. The number of aryl methyl sites for hydroxylation is 1. The highest BCUT2D eigenvalue weighted by Gasteiger charge is 2.34. The van der Waals surface area contributed by atoms with E-state index >= 15 is 0 Å². The molecule has 2 aromatic carbocycles. The summed E-state index contributed by atoms with van der Waals surface area (Å²) in [6.45, 7) is 3.49. The van der Waals surface area contributed by atoms with Crippen molar-refractivity contribution in [1.29, 1.82) is 0 Å². The second kappa shape index (κ2) is 7.59. The first-order valence-corrected chi connectivity index (χ1v) is 9.45. The molecular weight excluding hydrogens is 387 g/mol. The molecule has 152 valence electrons. The minimum atomic E-state index is -0.548. The molecule has 0 fully saturated rings. The number of rotatable bonds is 5. The molecule has 0 radical (unpaired) electrons. The number of halogens is 1. The molecule has 0 N–H and O–H groups in total. The molecule has 2 amide bonds. The summed E-state index contributed by atoms with van der Waals surface area (Å²) in [6.07, 6.45) is 0. The number of carbonyl (C=O) groups is 3. The summed E-state index contributed by atoms with van der Waals surface area (Å²) >= 11 is 0. The number of ether oxygens (including phenoxy) is 1. The van der Waals surface area contributed by atoms with E-state index in [-0.39, 0.29) is 30.8 Å². The molecule has 0 saturated heterocycles. The van der Waals surface area contributed by atoms with Crippen molar-refractivity contribution in [2.24, 2.45) is 0 Å². The lowest BCUT2D eigenvalue weighted by molar-refractivity contribution is 0.0420. The average molecular weight is 406 g/mol. The van der Waals surface area contributed by atoms with Crippen LogP contribution in [0.25, 0.3) is 5.69 Å². The molecule has 0 aliphatic carbocycles. The molecule has 1 aliphatic rings. The minimum absolute atomic E-state index is 0.0191. The van der Waals surface area contributed by atoms with Gasteiger partial charge in [0.05, 0.1) is 23.2 Å². The lowest BCUT2D eigenvalue weighted by Crippen LogP contribution is -2.33. The Morgan fingerprint density at radius 3 is 2.17 bits per heavy atom. The van der Waals surface area contributed by atoms with Crippen LogP contribution in [0.15, 0.2) is 54.6 Å². The number of hydrogen-bond donors (Lipinski definition) is 0. The smallest absolute Gasteiger partial charge is 0.340 e. The van der Waals surface area contributed by atoms with Crippen LogP contribution in [-0.2, 0) is 4.74 Å². The summed E-state index contributed by atoms with van der Waals surface area (Å²) in [4.78, 5) is 38.4. The van der Waals surface area contributed by atoms with Gasteiger partial charge in [-0.15, -0.1) is 0 Å². The fraction of sp³-hybridized carbons (Fsp3) is 0.174. The Bertz CT molecular complexity index is 1130. The van der Waals surface area contributed by atoms with Crippen LogP contribution in [0.3, 0.4) is 0 Å². The first-order chi connectivity index (χ1) is 14.4. The van der Waals surface area contributed by atoms with E-state index in [1.807, 2.05) is 11.5 Å². The summed E-state index contributed by atoms with van der Waals surface area (Å²) in [5, 5.41) is 0. The Hall–Kier alpha value is -3.74. The number of benzene rings is 2. The minimum Gasteiger partial charge on any atom is -0.460 e. The zero-order valence-electron chi connectivity index (χ0n) is 16.5. The highest BCUT2D eigenvalue weighted by Crippen LogP contribution is 2.23. The topological polar surface area (TPSA) is 68.6 Å². The molecule has 2 heterocycles. The van der Waals surface area contributed by atoms with Crippen molar-refractivity contribution in [2.75, 3.05) is 13.2 Å². The van der Waals surface area contributed by atoms with Gasteiger partial charge in [-0.2, -0.15) is 0 Å². The Labute approximate surface area is 172 Å². The standard InChI is InChI=1S/C23H19FN2O4/c1-14-13-20(15(2)26(14)17-9-7-16(24)8-10-17)23(29)30-12-11-25-21(27)18-5-3-4-6-19(18)22(25)28/h3-10,13H,11-12H2,1-2H3. The Balaban J connectivity index is 1.44. The Morgan fingerprint density at radius 1 is 0.967 bits per heavy atom. The van der Waals surface area contributed by atoms with Gasteiger partial charge in [0.25, 0.3) is 11.8 Å². The molecule has 7 heteroatoms. The normalized spacial score (nSPS) is 13.0. The number of imide groups is 1. The third-order valence-electron chi connectivity index (χ3n) is 5.16. The van der Waals surface area contributed by atoms with Crippen LogP contribution in [0.1, 0.15) is 42.5 Å². The van der Waals surface area contributed by atoms with Gasteiger partial charge in [-0.25, -0.2) is 9.18 Å². The largest absolute Gasteiger partial charge is 0.460 e. The lowest BCUT2D eigenvalue weighted by Gasteiger charge is -2.14. The molecule has 4 rings (SSSR count). The van der Waals surface area contributed by atoms with Crippen molar-refractivity contribution < 1.29 is 23.5 Å². The van der Waals surface area contributed by atoms with E-state index in [2.05, 4.69) is 0 Å². The second-order valence-electron chi connectivity index (χ2n) is 7.04. The third-order valence-corrected chi connectivity index (χ3v) is 5.16. The van der Waals surface area contributed by atoms with Crippen LogP contribution in [0.5, 0.6) is 0 Å². The van der Waals surface area contributed by atoms with Crippen LogP contribution in [0, 0.1) is 19.7 Å². The van der Waals surface area contributed by atoms with Crippen LogP contribution >= 0.6 is 0 Å². The Kier molecular flexibility index (Phi) is 4.95. The van der Waals surface area contributed by atoms with Crippen molar-refractivity contribution in [1.82, 2.24) is 9.47 Å². The van der Waals surface area contributed by atoms with Gasteiger partial charge in [0.1, 0.15) is 12.4 Å². The van der Waals surface area contributed by atoms with Gasteiger partial charge in [-0.1, -0.05) is 12.1 Å². The van der Waals surface area contributed by atoms with E-state index in [9.17, 15) is 18.8 Å². The maximum atomic E-state index is 13.2. The number of esters is 1. The number of fused-ring (bicyclic) bond motifs is 1. The number of amides is 2. The SMILES string of the molecule is Cc1cc(C(=O)OCCN2C(=O)c3ccccc3C2=O)c(C)n1-c1ccc(F)cc1. The molecular formula is C23H19FN2O4.